The van der Waals surface area contributed by atoms with E-state index in [1.807, 2.05) is 0 Å². The van der Waals surface area contributed by atoms with E-state index in [-0.39, 0.29) is 0 Å². The number of aromatic nitrogens is 2. The van der Waals surface area contributed by atoms with Gasteiger partial charge in [0.15, 0.2) is 0 Å². The minimum atomic E-state index is 0.913. The van der Waals surface area contributed by atoms with Gasteiger partial charge in [-0.25, -0.2) is 0 Å². The molecule has 122 valence electrons. The maximum absolute atomic E-state index is 3.61. The van der Waals surface area contributed by atoms with Crippen LogP contribution >= 0.6 is 0 Å². The zero-order chi connectivity index (χ0) is 16.4. The molecule has 4 aromatic rings. The second-order valence-electron chi connectivity index (χ2n) is 6.24. The molecule has 0 saturated heterocycles. The third kappa shape index (κ3) is 2.72. The van der Waals surface area contributed by atoms with Crippen LogP contribution in [0.4, 0.5) is 0 Å². The van der Waals surface area contributed by atoms with Crippen LogP contribution in [0, 0.1) is 0 Å². The largest absolute Gasteiger partial charge is 0.361 e. The summed E-state index contributed by atoms with van der Waals surface area (Å²) in [7, 11) is 0. The molecule has 0 fully saturated rings. The summed E-state index contributed by atoms with van der Waals surface area (Å²) in [6.45, 7) is 5.10. The zero-order valence-corrected chi connectivity index (χ0v) is 14.0. The van der Waals surface area contributed by atoms with Crippen LogP contribution in [-0.2, 0) is 19.5 Å². The van der Waals surface area contributed by atoms with Crippen LogP contribution < -0.4 is 5.32 Å². The first kappa shape index (κ1) is 15.0. The van der Waals surface area contributed by atoms with Gasteiger partial charge < -0.3 is 14.9 Å². The summed E-state index contributed by atoms with van der Waals surface area (Å²) < 4.78 is 2.33. The molecule has 0 atom stereocenters. The van der Waals surface area contributed by atoms with Crippen molar-refractivity contribution in [3.8, 4) is 0 Å². The number of nitrogens with zero attached hydrogens (tertiary/aromatic N) is 1. The molecular weight excluding hydrogens is 294 g/mol. The molecule has 0 aliphatic heterocycles. The molecule has 4 rings (SSSR count). The fraction of sp³-hybridized carbons (Fsp3) is 0.238. The number of hydrogen-bond acceptors (Lipinski definition) is 1. The van der Waals surface area contributed by atoms with Crippen molar-refractivity contribution in [1.82, 2.24) is 14.9 Å². The second-order valence-corrected chi connectivity index (χ2v) is 6.24. The van der Waals surface area contributed by atoms with Gasteiger partial charge in [-0.1, -0.05) is 36.4 Å². The normalized spacial score (nSPS) is 11.5. The highest BCUT2D eigenvalue weighted by Gasteiger charge is 2.07. The van der Waals surface area contributed by atoms with Gasteiger partial charge in [-0.3, -0.25) is 0 Å². The Morgan fingerprint density at radius 1 is 0.958 bits per heavy atom. The monoisotopic (exact) mass is 317 g/mol. The van der Waals surface area contributed by atoms with E-state index < -0.39 is 0 Å². The number of rotatable bonds is 6. The Kier molecular flexibility index (Phi) is 4.09. The predicted octanol–water partition coefficient (Wildman–Crippen LogP) is 4.47. The first-order valence-corrected chi connectivity index (χ1v) is 8.69. The number of aryl methyl sites for hydroxylation is 1. The number of nitrogens with one attached hydrogen (secondary N) is 2. The van der Waals surface area contributed by atoms with Gasteiger partial charge in [0.1, 0.15) is 0 Å². The number of H-pyrrole nitrogens is 1. The Bertz CT molecular complexity index is 961. The number of benzene rings is 2. The highest BCUT2D eigenvalue weighted by molar-refractivity contribution is 5.84. The van der Waals surface area contributed by atoms with Gasteiger partial charge in [0.05, 0.1) is 0 Å². The minimum Gasteiger partial charge on any atom is -0.361 e. The van der Waals surface area contributed by atoms with Crippen LogP contribution in [0.2, 0.25) is 0 Å². The van der Waals surface area contributed by atoms with Crippen LogP contribution in [0.15, 0.2) is 60.9 Å². The molecule has 0 aliphatic rings. The molecule has 0 saturated carbocycles. The maximum atomic E-state index is 3.61. The van der Waals surface area contributed by atoms with Crippen LogP contribution in [0.5, 0.6) is 0 Å². The number of aromatic amines is 1. The minimum absolute atomic E-state index is 0.913. The Labute approximate surface area is 142 Å². The van der Waals surface area contributed by atoms with E-state index in [4.69, 9.17) is 0 Å². The molecule has 3 nitrogen and oxygen atoms in total. The molecule has 0 spiro atoms. The molecule has 0 aliphatic carbocycles. The van der Waals surface area contributed by atoms with E-state index in [9.17, 15) is 0 Å². The summed E-state index contributed by atoms with van der Waals surface area (Å²) in [6, 6.07) is 17.2. The van der Waals surface area contributed by atoms with Gasteiger partial charge in [-0.05, 0) is 43.1 Å². The predicted molar refractivity (Wildman–Crippen MR) is 101 cm³/mol. The standard InChI is InChI=1S/C21H23N3/c1-2-24-15-17(19-8-4-6-10-21(19)24)13-22-12-11-16-14-23-20-9-5-3-7-18(16)20/h3-10,14-15,22-23H,2,11-13H2,1H3. The number of hydrogen-bond donors (Lipinski definition) is 2. The van der Waals surface area contributed by atoms with Crippen LogP contribution in [-0.4, -0.2) is 16.1 Å². The molecule has 2 heterocycles. The Morgan fingerprint density at radius 3 is 2.62 bits per heavy atom. The molecule has 0 unspecified atom stereocenters. The lowest BCUT2D eigenvalue weighted by Crippen LogP contribution is -2.16. The summed E-state index contributed by atoms with van der Waals surface area (Å²) >= 11 is 0. The van der Waals surface area contributed by atoms with Gasteiger partial charge >= 0.3 is 0 Å². The van der Waals surface area contributed by atoms with Crippen molar-refractivity contribution in [2.75, 3.05) is 6.54 Å². The summed E-state index contributed by atoms with van der Waals surface area (Å²) in [4.78, 5) is 3.35. The van der Waals surface area contributed by atoms with Crippen molar-refractivity contribution in [2.24, 2.45) is 0 Å². The fourth-order valence-corrected chi connectivity index (χ4v) is 3.51. The summed E-state index contributed by atoms with van der Waals surface area (Å²) in [5, 5.41) is 6.30. The first-order valence-electron chi connectivity index (χ1n) is 8.69. The molecule has 3 heteroatoms. The Balaban J connectivity index is 1.43. The van der Waals surface area contributed by atoms with E-state index in [1.165, 1.54) is 32.9 Å². The SMILES string of the molecule is CCn1cc(CNCCc2c[nH]c3ccccc23)c2ccccc21. The average Bonchev–Trinajstić information content (AvgIpc) is 3.20. The van der Waals surface area contributed by atoms with Gasteiger partial charge in [0.2, 0.25) is 0 Å². The lowest BCUT2D eigenvalue weighted by atomic mass is 10.1. The van der Waals surface area contributed by atoms with Crippen molar-refractivity contribution < 1.29 is 0 Å². The molecule has 2 N–H and O–H groups in total. The van der Waals surface area contributed by atoms with Gasteiger partial charge in [0.25, 0.3) is 0 Å². The van der Waals surface area contributed by atoms with E-state index >= 15 is 0 Å². The van der Waals surface area contributed by atoms with Crippen molar-refractivity contribution >= 4 is 21.8 Å². The zero-order valence-electron chi connectivity index (χ0n) is 14.0. The molecule has 2 aromatic carbocycles. The number of fused-ring (bicyclic) bond motifs is 2. The smallest absolute Gasteiger partial charge is 0.0483 e. The van der Waals surface area contributed by atoms with Crippen molar-refractivity contribution in [3.05, 3.63) is 72.1 Å². The van der Waals surface area contributed by atoms with E-state index in [0.29, 0.717) is 0 Å². The Morgan fingerprint density at radius 2 is 1.75 bits per heavy atom. The van der Waals surface area contributed by atoms with Gasteiger partial charge in [-0.2, -0.15) is 0 Å². The molecular formula is C21H23N3. The van der Waals surface area contributed by atoms with Crippen LogP contribution in [0.3, 0.4) is 0 Å². The quantitative estimate of drug-likeness (QED) is 0.505. The van der Waals surface area contributed by atoms with E-state index in [2.05, 4.69) is 82.7 Å². The van der Waals surface area contributed by atoms with Crippen LogP contribution in [0.25, 0.3) is 21.8 Å². The second kappa shape index (κ2) is 6.54. The topological polar surface area (TPSA) is 32.8 Å². The Hall–Kier alpha value is -2.52. The van der Waals surface area contributed by atoms with E-state index in [1.54, 1.807) is 0 Å². The lowest BCUT2D eigenvalue weighted by Gasteiger charge is -2.04. The summed E-state index contributed by atoms with van der Waals surface area (Å²) in [6.07, 6.45) is 5.45. The molecule has 24 heavy (non-hydrogen) atoms. The van der Waals surface area contributed by atoms with Gasteiger partial charge in [-0.15, -0.1) is 0 Å². The highest BCUT2D eigenvalue weighted by atomic mass is 15.0. The molecule has 0 bridgehead atoms. The first-order chi connectivity index (χ1) is 11.9. The molecule has 2 aromatic heterocycles. The van der Waals surface area contributed by atoms with Crippen molar-refractivity contribution in [3.63, 3.8) is 0 Å². The fourth-order valence-electron chi connectivity index (χ4n) is 3.51. The third-order valence-electron chi connectivity index (χ3n) is 4.77. The highest BCUT2D eigenvalue weighted by Crippen LogP contribution is 2.21. The summed E-state index contributed by atoms with van der Waals surface area (Å²) in [5.41, 5.74) is 5.31. The van der Waals surface area contributed by atoms with E-state index in [0.717, 1.165) is 26.1 Å². The average molecular weight is 317 g/mol. The van der Waals surface area contributed by atoms with Crippen molar-refractivity contribution in [1.29, 1.82) is 0 Å². The van der Waals surface area contributed by atoms with Crippen LogP contribution in [0.1, 0.15) is 18.1 Å². The molecule has 0 radical (unpaired) electrons. The number of para-hydroxylation sites is 2. The third-order valence-corrected chi connectivity index (χ3v) is 4.77. The van der Waals surface area contributed by atoms with Crippen molar-refractivity contribution in [2.45, 2.75) is 26.4 Å². The lowest BCUT2D eigenvalue weighted by molar-refractivity contribution is 0.686. The molecule has 0 amide bonds. The summed E-state index contributed by atoms with van der Waals surface area (Å²) in [5.74, 6) is 0. The maximum Gasteiger partial charge on any atom is 0.0483 e. The van der Waals surface area contributed by atoms with Gasteiger partial charge in [0, 0.05) is 47.3 Å².